The van der Waals surface area contributed by atoms with Gasteiger partial charge in [-0.25, -0.2) is 4.39 Å². The molecule has 2 aromatic carbocycles. The Bertz CT molecular complexity index is 626. The van der Waals surface area contributed by atoms with Gasteiger partial charge in [-0.3, -0.25) is 4.79 Å². The molecule has 2 rings (SSSR count). The number of rotatable bonds is 4. The predicted molar refractivity (Wildman–Crippen MR) is 78.9 cm³/mol. The van der Waals surface area contributed by atoms with Crippen molar-refractivity contribution in [2.75, 3.05) is 11.1 Å². The summed E-state index contributed by atoms with van der Waals surface area (Å²) >= 11 is 0. The topological polar surface area (TPSA) is 55.1 Å². The molecule has 0 spiro atoms. The Labute approximate surface area is 117 Å². The minimum atomic E-state index is -0.275. The number of nitrogen functional groups attached to an aromatic ring is 1. The highest BCUT2D eigenvalue weighted by Crippen LogP contribution is 2.14. The second-order valence-electron chi connectivity index (χ2n) is 4.76. The van der Waals surface area contributed by atoms with Crippen molar-refractivity contribution in [1.29, 1.82) is 0 Å². The summed E-state index contributed by atoms with van der Waals surface area (Å²) in [6.45, 7) is 1.66. The highest BCUT2D eigenvalue weighted by Gasteiger charge is 2.05. The van der Waals surface area contributed by atoms with Crippen molar-refractivity contribution in [3.8, 4) is 0 Å². The number of aryl methyl sites for hydroxylation is 2. The minimum Gasteiger partial charge on any atom is -0.399 e. The third-order valence-electron chi connectivity index (χ3n) is 3.03. The molecular formula is C16H17FN2O. The van der Waals surface area contributed by atoms with Gasteiger partial charge in [0.05, 0.1) is 0 Å². The van der Waals surface area contributed by atoms with E-state index in [-0.39, 0.29) is 11.7 Å². The first kappa shape index (κ1) is 14.1. The Balaban J connectivity index is 1.91. The number of halogens is 1. The second kappa shape index (κ2) is 6.19. The van der Waals surface area contributed by atoms with E-state index in [9.17, 15) is 9.18 Å². The number of nitrogens with two attached hydrogens (primary N) is 1. The number of carbonyl (C=O) groups is 1. The Morgan fingerprint density at radius 2 is 2.05 bits per heavy atom. The fourth-order valence-electron chi connectivity index (χ4n) is 1.95. The van der Waals surface area contributed by atoms with E-state index < -0.39 is 0 Å². The molecule has 0 saturated carbocycles. The van der Waals surface area contributed by atoms with Crippen molar-refractivity contribution in [2.24, 2.45) is 0 Å². The summed E-state index contributed by atoms with van der Waals surface area (Å²) in [6.07, 6.45) is 0.983. The van der Waals surface area contributed by atoms with Crippen LogP contribution >= 0.6 is 0 Å². The molecule has 4 heteroatoms. The van der Waals surface area contributed by atoms with Gasteiger partial charge in [0.25, 0.3) is 0 Å². The Morgan fingerprint density at radius 3 is 2.75 bits per heavy atom. The zero-order chi connectivity index (χ0) is 14.5. The van der Waals surface area contributed by atoms with E-state index in [0.29, 0.717) is 29.8 Å². The van der Waals surface area contributed by atoms with Gasteiger partial charge in [0.15, 0.2) is 0 Å². The Kier molecular flexibility index (Phi) is 4.35. The van der Waals surface area contributed by atoms with Gasteiger partial charge < -0.3 is 11.1 Å². The molecule has 0 aromatic heterocycles. The molecule has 0 fully saturated rings. The lowest BCUT2D eigenvalue weighted by Crippen LogP contribution is -2.12. The summed E-state index contributed by atoms with van der Waals surface area (Å²) < 4.78 is 13.1. The highest BCUT2D eigenvalue weighted by molar-refractivity contribution is 5.90. The molecule has 3 nitrogen and oxygen atoms in total. The molecule has 0 bridgehead atoms. The summed E-state index contributed by atoms with van der Waals surface area (Å²) in [7, 11) is 0. The normalized spacial score (nSPS) is 10.3. The molecule has 1 amide bonds. The molecule has 0 aliphatic heterocycles. The first-order chi connectivity index (χ1) is 9.54. The molecule has 2 aromatic rings. The van der Waals surface area contributed by atoms with Crippen LogP contribution in [0.4, 0.5) is 15.8 Å². The fourth-order valence-corrected chi connectivity index (χ4v) is 1.95. The van der Waals surface area contributed by atoms with Crippen LogP contribution in [0.3, 0.4) is 0 Å². The molecule has 0 saturated heterocycles. The maximum absolute atomic E-state index is 13.1. The molecule has 3 N–H and O–H groups in total. The predicted octanol–water partition coefficient (Wildman–Crippen LogP) is 3.29. The number of benzene rings is 2. The maximum atomic E-state index is 13.1. The Morgan fingerprint density at radius 1 is 1.25 bits per heavy atom. The Hall–Kier alpha value is -2.36. The smallest absolute Gasteiger partial charge is 0.224 e. The van der Waals surface area contributed by atoms with Gasteiger partial charge in [-0.2, -0.15) is 0 Å². The van der Waals surface area contributed by atoms with Gasteiger partial charge in [0.2, 0.25) is 5.91 Å². The lowest BCUT2D eigenvalue weighted by atomic mass is 10.1. The van der Waals surface area contributed by atoms with E-state index >= 15 is 0 Å². The number of carbonyl (C=O) groups excluding carboxylic acids is 1. The van der Waals surface area contributed by atoms with Crippen LogP contribution in [0, 0.1) is 12.7 Å². The van der Waals surface area contributed by atoms with Gasteiger partial charge in [0.1, 0.15) is 5.82 Å². The molecule has 20 heavy (non-hydrogen) atoms. The van der Waals surface area contributed by atoms with Gasteiger partial charge in [-0.1, -0.05) is 12.1 Å². The number of amides is 1. The number of hydrogen-bond donors (Lipinski definition) is 2. The third kappa shape index (κ3) is 3.82. The maximum Gasteiger partial charge on any atom is 0.224 e. The SMILES string of the molecule is Cc1cc(NC(=O)CCc2cccc(N)c2)ccc1F. The largest absolute Gasteiger partial charge is 0.399 e. The molecular weight excluding hydrogens is 255 g/mol. The summed E-state index contributed by atoms with van der Waals surface area (Å²) in [4.78, 5) is 11.8. The van der Waals surface area contributed by atoms with Crippen LogP contribution in [0.1, 0.15) is 17.5 Å². The van der Waals surface area contributed by atoms with Crippen LogP contribution in [0.25, 0.3) is 0 Å². The van der Waals surface area contributed by atoms with Crippen LogP contribution in [0.5, 0.6) is 0 Å². The van der Waals surface area contributed by atoms with Crippen molar-refractivity contribution in [3.63, 3.8) is 0 Å². The van der Waals surface area contributed by atoms with Crippen LogP contribution in [0.15, 0.2) is 42.5 Å². The van der Waals surface area contributed by atoms with Gasteiger partial charge in [-0.05, 0) is 54.8 Å². The highest BCUT2D eigenvalue weighted by atomic mass is 19.1. The van der Waals surface area contributed by atoms with Crippen LogP contribution in [0.2, 0.25) is 0 Å². The lowest BCUT2D eigenvalue weighted by molar-refractivity contribution is -0.116. The monoisotopic (exact) mass is 272 g/mol. The molecule has 104 valence electrons. The fraction of sp³-hybridized carbons (Fsp3) is 0.188. The van der Waals surface area contributed by atoms with Gasteiger partial charge >= 0.3 is 0 Å². The van der Waals surface area contributed by atoms with Crippen LogP contribution in [-0.2, 0) is 11.2 Å². The lowest BCUT2D eigenvalue weighted by Gasteiger charge is -2.07. The standard InChI is InChI=1S/C16H17FN2O/c1-11-9-14(6-7-15(11)17)19-16(20)8-5-12-3-2-4-13(18)10-12/h2-4,6-7,9-10H,5,8,18H2,1H3,(H,19,20). The average Bonchev–Trinajstić information content (AvgIpc) is 2.41. The number of nitrogens with one attached hydrogen (secondary N) is 1. The van der Waals surface area contributed by atoms with E-state index in [2.05, 4.69) is 5.32 Å². The molecule has 0 atom stereocenters. The van der Waals surface area contributed by atoms with Crippen LogP contribution in [-0.4, -0.2) is 5.91 Å². The summed E-state index contributed by atoms with van der Waals surface area (Å²) in [6, 6.07) is 12.0. The molecule has 0 heterocycles. The zero-order valence-electron chi connectivity index (χ0n) is 11.3. The molecule has 0 unspecified atom stereocenters. The first-order valence-electron chi connectivity index (χ1n) is 6.45. The second-order valence-corrected chi connectivity index (χ2v) is 4.76. The van der Waals surface area contributed by atoms with Crippen molar-refractivity contribution in [1.82, 2.24) is 0 Å². The van der Waals surface area contributed by atoms with E-state index in [1.165, 1.54) is 6.07 Å². The zero-order valence-corrected chi connectivity index (χ0v) is 11.3. The van der Waals surface area contributed by atoms with E-state index in [1.807, 2.05) is 24.3 Å². The summed E-state index contributed by atoms with van der Waals surface area (Å²) in [5, 5.41) is 2.76. The minimum absolute atomic E-state index is 0.0987. The number of hydrogen-bond acceptors (Lipinski definition) is 2. The molecule has 0 aliphatic carbocycles. The third-order valence-corrected chi connectivity index (χ3v) is 3.03. The van der Waals surface area contributed by atoms with Crippen molar-refractivity contribution in [3.05, 3.63) is 59.4 Å². The summed E-state index contributed by atoms with van der Waals surface area (Å²) in [5.74, 6) is -0.374. The summed E-state index contributed by atoms with van der Waals surface area (Å²) in [5.41, 5.74) is 8.52. The molecule has 0 aliphatic rings. The van der Waals surface area contributed by atoms with Crippen molar-refractivity contribution >= 4 is 17.3 Å². The van der Waals surface area contributed by atoms with E-state index in [1.54, 1.807) is 19.1 Å². The van der Waals surface area contributed by atoms with Crippen molar-refractivity contribution < 1.29 is 9.18 Å². The van der Waals surface area contributed by atoms with Gasteiger partial charge in [-0.15, -0.1) is 0 Å². The average molecular weight is 272 g/mol. The van der Waals surface area contributed by atoms with Crippen LogP contribution < -0.4 is 11.1 Å². The first-order valence-corrected chi connectivity index (χ1v) is 6.45. The molecule has 0 radical (unpaired) electrons. The number of anilines is 2. The van der Waals surface area contributed by atoms with Crippen molar-refractivity contribution in [2.45, 2.75) is 19.8 Å². The quantitative estimate of drug-likeness (QED) is 0.839. The van der Waals surface area contributed by atoms with E-state index in [0.717, 1.165) is 5.56 Å². The van der Waals surface area contributed by atoms with E-state index in [4.69, 9.17) is 5.73 Å². The van der Waals surface area contributed by atoms with Gasteiger partial charge in [0, 0.05) is 17.8 Å².